The Morgan fingerprint density at radius 1 is 0.793 bits per heavy atom. The van der Waals surface area contributed by atoms with Gasteiger partial charge in [0, 0.05) is 33.0 Å². The second-order valence-corrected chi connectivity index (χ2v) is 8.60. The first kappa shape index (κ1) is 21.1. The van der Waals surface area contributed by atoms with Crippen molar-refractivity contribution in [1.82, 2.24) is 0 Å². The Bertz CT molecular complexity index is 941. The lowest BCUT2D eigenvalue weighted by Gasteiger charge is -2.12. The van der Waals surface area contributed by atoms with E-state index in [1.54, 1.807) is 11.3 Å². The summed E-state index contributed by atoms with van der Waals surface area (Å²) in [6.07, 6.45) is 17.0. The lowest BCUT2D eigenvalue weighted by atomic mass is 10.1. The average Bonchev–Trinajstić information content (AvgIpc) is 2.89. The molecule has 0 aromatic carbocycles. The summed E-state index contributed by atoms with van der Waals surface area (Å²) in [5.41, 5.74) is 5.73. The molecule has 0 aliphatic heterocycles. The van der Waals surface area contributed by atoms with E-state index >= 15 is 0 Å². The van der Waals surface area contributed by atoms with E-state index in [4.69, 9.17) is 9.47 Å². The van der Waals surface area contributed by atoms with Crippen molar-refractivity contribution in [3.63, 3.8) is 0 Å². The summed E-state index contributed by atoms with van der Waals surface area (Å²) in [7, 11) is 4.10. The standard InChI is InChI=1S/C25H30NO2S/c1-7-27-22-15-20(10-9-19-11-13-21(14-12-19)26(5)6)16-23(28-8-2)25-18(4)29-17(3)24(22)25/h9-16H,7-8H2,1-6H3/q+1. The summed E-state index contributed by atoms with van der Waals surface area (Å²) in [5, 5.41) is 0. The lowest BCUT2D eigenvalue weighted by molar-refractivity contribution is -0.462. The van der Waals surface area contributed by atoms with Crippen LogP contribution in [0.1, 0.15) is 34.7 Å². The van der Waals surface area contributed by atoms with Crippen molar-refractivity contribution in [2.45, 2.75) is 27.7 Å². The molecule has 1 aromatic heterocycles. The van der Waals surface area contributed by atoms with Gasteiger partial charge in [-0.1, -0.05) is 12.2 Å². The summed E-state index contributed by atoms with van der Waals surface area (Å²) in [6.45, 7) is 9.62. The van der Waals surface area contributed by atoms with Gasteiger partial charge in [-0.25, -0.2) is 4.58 Å². The Labute approximate surface area is 178 Å². The molecule has 0 saturated carbocycles. The number of nitrogens with zero attached hydrogens (tertiary/aromatic N) is 1. The van der Waals surface area contributed by atoms with Crippen LogP contribution in [0.25, 0.3) is 11.5 Å². The van der Waals surface area contributed by atoms with Crippen molar-refractivity contribution in [2.24, 2.45) is 0 Å². The molecular weight excluding hydrogens is 378 g/mol. The summed E-state index contributed by atoms with van der Waals surface area (Å²) >= 11 is 1.80. The van der Waals surface area contributed by atoms with Crippen LogP contribution in [0.4, 0.5) is 0 Å². The van der Waals surface area contributed by atoms with Crippen molar-refractivity contribution in [3.05, 3.63) is 80.6 Å². The number of hydrogen-bond acceptors (Lipinski definition) is 3. The van der Waals surface area contributed by atoms with E-state index in [1.807, 2.05) is 13.8 Å². The minimum atomic E-state index is 0.632. The molecule has 0 bridgehead atoms. The minimum absolute atomic E-state index is 0.632. The molecular formula is C25H30NO2S+. The number of rotatable bonds is 5. The highest BCUT2D eigenvalue weighted by Crippen LogP contribution is 2.41. The first-order chi connectivity index (χ1) is 13.9. The van der Waals surface area contributed by atoms with Crippen LogP contribution in [0.2, 0.25) is 0 Å². The van der Waals surface area contributed by atoms with Gasteiger partial charge in [0.2, 0.25) is 0 Å². The lowest BCUT2D eigenvalue weighted by Crippen LogP contribution is -2.09. The maximum Gasteiger partial charge on any atom is 0.199 e. The highest BCUT2D eigenvalue weighted by atomic mass is 32.1. The highest BCUT2D eigenvalue weighted by molar-refractivity contribution is 7.12. The van der Waals surface area contributed by atoms with Crippen molar-refractivity contribution in [2.75, 3.05) is 27.3 Å². The molecule has 1 heterocycles. The Morgan fingerprint density at radius 3 is 1.72 bits per heavy atom. The summed E-state index contributed by atoms with van der Waals surface area (Å²) < 4.78 is 14.2. The smallest absolute Gasteiger partial charge is 0.199 e. The molecule has 0 unspecified atom stereocenters. The van der Waals surface area contributed by atoms with Gasteiger partial charge in [0.1, 0.15) is 25.6 Å². The third-order valence-corrected chi connectivity index (χ3v) is 5.85. The SMILES string of the molecule is CCOC1=CC(=CC=C2C=CC(=[N+](C)C)C=C2)C=C(OCC)c2c(C)sc(C)c21. The van der Waals surface area contributed by atoms with Crippen molar-refractivity contribution < 1.29 is 14.0 Å². The number of thiophene rings is 1. The predicted octanol–water partition coefficient (Wildman–Crippen LogP) is 5.83. The van der Waals surface area contributed by atoms with Gasteiger partial charge in [-0.3, -0.25) is 0 Å². The number of ether oxygens (including phenoxy) is 2. The first-order valence-electron chi connectivity index (χ1n) is 10.1. The van der Waals surface area contributed by atoms with Crippen LogP contribution < -0.4 is 0 Å². The van der Waals surface area contributed by atoms with E-state index < -0.39 is 0 Å². The summed E-state index contributed by atoms with van der Waals surface area (Å²) in [4.78, 5) is 2.51. The van der Waals surface area contributed by atoms with E-state index in [0.717, 1.165) is 33.8 Å². The van der Waals surface area contributed by atoms with E-state index in [-0.39, 0.29) is 0 Å². The third-order valence-electron chi connectivity index (χ3n) is 4.83. The fraction of sp³-hybridized carbons (Fsp3) is 0.320. The fourth-order valence-corrected chi connectivity index (χ4v) is 4.55. The first-order valence-corrected chi connectivity index (χ1v) is 10.9. The van der Waals surface area contributed by atoms with Gasteiger partial charge in [0.05, 0.1) is 13.2 Å². The van der Waals surface area contributed by atoms with E-state index in [1.165, 1.54) is 15.5 Å². The second kappa shape index (κ2) is 9.27. The molecule has 2 aliphatic carbocycles. The zero-order valence-electron chi connectivity index (χ0n) is 18.2. The average molecular weight is 409 g/mol. The summed E-state index contributed by atoms with van der Waals surface area (Å²) in [5.74, 6) is 1.83. The van der Waals surface area contributed by atoms with Crippen LogP contribution in [0.5, 0.6) is 0 Å². The maximum absolute atomic E-state index is 6.05. The maximum atomic E-state index is 6.05. The van der Waals surface area contributed by atoms with Crippen LogP contribution in [0.15, 0.2) is 59.8 Å². The molecule has 0 spiro atoms. The van der Waals surface area contributed by atoms with Gasteiger partial charge >= 0.3 is 0 Å². The quantitative estimate of drug-likeness (QED) is 0.572. The molecule has 0 amide bonds. The Balaban J connectivity index is 2.06. The van der Waals surface area contributed by atoms with Gasteiger partial charge in [-0.05, 0) is 63.1 Å². The molecule has 0 N–H and O–H groups in total. The van der Waals surface area contributed by atoms with Crippen LogP contribution in [0.3, 0.4) is 0 Å². The fourth-order valence-electron chi connectivity index (χ4n) is 3.48. The third kappa shape index (κ3) is 4.70. The molecule has 0 fully saturated rings. The zero-order chi connectivity index (χ0) is 21.0. The van der Waals surface area contributed by atoms with Gasteiger partial charge < -0.3 is 9.47 Å². The van der Waals surface area contributed by atoms with E-state index in [0.29, 0.717) is 13.2 Å². The van der Waals surface area contributed by atoms with E-state index in [2.05, 4.69) is 81.1 Å². The number of fused-ring (bicyclic) bond motifs is 1. The van der Waals surface area contributed by atoms with Gasteiger partial charge in [0.15, 0.2) is 5.71 Å². The summed E-state index contributed by atoms with van der Waals surface area (Å²) in [6, 6.07) is 0. The molecule has 1 aromatic rings. The Hall–Kier alpha value is -2.59. The number of hydrogen-bond donors (Lipinski definition) is 0. The molecule has 4 heteroatoms. The Kier molecular flexibility index (Phi) is 6.75. The molecule has 0 atom stereocenters. The van der Waals surface area contributed by atoms with Crippen LogP contribution in [-0.4, -0.2) is 37.6 Å². The minimum Gasteiger partial charge on any atom is -0.493 e. The number of allylic oxidation sites excluding steroid dienone is 10. The molecule has 152 valence electrons. The monoisotopic (exact) mass is 408 g/mol. The highest BCUT2D eigenvalue weighted by Gasteiger charge is 2.24. The molecule has 0 radical (unpaired) electrons. The number of aryl methyl sites for hydroxylation is 2. The predicted molar refractivity (Wildman–Crippen MR) is 125 cm³/mol. The van der Waals surface area contributed by atoms with Crippen molar-refractivity contribution >= 4 is 28.6 Å². The van der Waals surface area contributed by atoms with Crippen molar-refractivity contribution in [1.29, 1.82) is 0 Å². The van der Waals surface area contributed by atoms with Crippen molar-refractivity contribution in [3.8, 4) is 0 Å². The van der Waals surface area contributed by atoms with Crippen LogP contribution in [0, 0.1) is 13.8 Å². The molecule has 29 heavy (non-hydrogen) atoms. The van der Waals surface area contributed by atoms with Gasteiger partial charge in [-0.15, -0.1) is 11.3 Å². The zero-order valence-corrected chi connectivity index (χ0v) is 19.0. The largest absolute Gasteiger partial charge is 0.493 e. The molecule has 0 saturated heterocycles. The van der Waals surface area contributed by atoms with Gasteiger partial charge in [-0.2, -0.15) is 0 Å². The van der Waals surface area contributed by atoms with Crippen LogP contribution in [-0.2, 0) is 9.47 Å². The molecule has 3 nitrogen and oxygen atoms in total. The van der Waals surface area contributed by atoms with Gasteiger partial charge in [0.25, 0.3) is 0 Å². The van der Waals surface area contributed by atoms with E-state index in [9.17, 15) is 0 Å². The molecule has 3 rings (SSSR count). The second-order valence-electron chi connectivity index (χ2n) is 7.17. The normalized spacial score (nSPS) is 15.4. The topological polar surface area (TPSA) is 21.5 Å². The Morgan fingerprint density at radius 2 is 1.28 bits per heavy atom. The van der Waals surface area contributed by atoms with Crippen LogP contribution >= 0.6 is 11.3 Å². The molecule has 2 aliphatic rings.